The summed E-state index contributed by atoms with van der Waals surface area (Å²) in [6.45, 7) is 5.40. The predicted octanol–water partition coefficient (Wildman–Crippen LogP) is 0.103. The number of β-amino-alcohol motifs (C(OH)–C–C–N with tert-alkyl or cyclic N) is 1. The van der Waals surface area contributed by atoms with Crippen molar-refractivity contribution in [2.24, 2.45) is 0 Å². The van der Waals surface area contributed by atoms with E-state index >= 15 is 0 Å². The van der Waals surface area contributed by atoms with Crippen molar-refractivity contribution >= 4 is 12.0 Å². The lowest BCUT2D eigenvalue weighted by Crippen LogP contribution is -2.46. The van der Waals surface area contributed by atoms with Crippen molar-refractivity contribution in [2.75, 3.05) is 13.6 Å². The average molecular weight is 244 g/mol. The highest BCUT2D eigenvalue weighted by Crippen LogP contribution is 2.21. The van der Waals surface area contributed by atoms with Crippen molar-refractivity contribution in [2.45, 2.75) is 44.9 Å². The van der Waals surface area contributed by atoms with E-state index in [2.05, 4.69) is 5.32 Å². The van der Waals surface area contributed by atoms with Crippen LogP contribution in [0.15, 0.2) is 0 Å². The molecule has 0 bridgehead atoms. The lowest BCUT2D eigenvalue weighted by atomic mass is 10.2. The van der Waals surface area contributed by atoms with E-state index in [0.29, 0.717) is 0 Å². The quantitative estimate of drug-likeness (QED) is 0.686. The van der Waals surface area contributed by atoms with Crippen LogP contribution >= 0.6 is 0 Å². The Morgan fingerprint density at radius 1 is 1.41 bits per heavy atom. The largest absolute Gasteiger partial charge is 0.444 e. The fourth-order valence-electron chi connectivity index (χ4n) is 1.75. The Kier molecular flexibility index (Phi) is 3.98. The normalized spacial score (nSPS) is 24.6. The summed E-state index contributed by atoms with van der Waals surface area (Å²) in [5.74, 6) is -0.285. The molecule has 1 fully saturated rings. The SMILES string of the molecule is CNC(=O)C1CC(O)CN1C(=O)OC(C)(C)C. The molecule has 1 aliphatic rings. The van der Waals surface area contributed by atoms with E-state index in [1.54, 1.807) is 20.8 Å². The Morgan fingerprint density at radius 3 is 2.47 bits per heavy atom. The zero-order valence-corrected chi connectivity index (χ0v) is 10.7. The van der Waals surface area contributed by atoms with Crippen LogP contribution in [0.4, 0.5) is 4.79 Å². The molecule has 0 saturated carbocycles. The van der Waals surface area contributed by atoms with Gasteiger partial charge in [-0.25, -0.2) is 4.79 Å². The van der Waals surface area contributed by atoms with E-state index in [-0.39, 0.29) is 18.9 Å². The van der Waals surface area contributed by atoms with Gasteiger partial charge in [0.1, 0.15) is 11.6 Å². The molecule has 2 N–H and O–H groups in total. The van der Waals surface area contributed by atoms with Gasteiger partial charge in [0, 0.05) is 13.5 Å². The van der Waals surface area contributed by atoms with E-state index in [1.165, 1.54) is 11.9 Å². The van der Waals surface area contributed by atoms with Crippen molar-refractivity contribution in [3.05, 3.63) is 0 Å². The van der Waals surface area contributed by atoms with Crippen molar-refractivity contribution in [1.29, 1.82) is 0 Å². The number of hydrogen-bond acceptors (Lipinski definition) is 4. The fourth-order valence-corrected chi connectivity index (χ4v) is 1.75. The number of carbonyl (C=O) groups is 2. The Labute approximate surface area is 101 Å². The standard InChI is InChI=1S/C11H20N2O4/c1-11(2,3)17-10(16)13-6-7(14)5-8(13)9(15)12-4/h7-8,14H,5-6H2,1-4H3,(H,12,15). The molecule has 1 saturated heterocycles. The van der Waals surface area contributed by atoms with Crippen molar-refractivity contribution in [3.63, 3.8) is 0 Å². The fraction of sp³-hybridized carbons (Fsp3) is 0.818. The maximum Gasteiger partial charge on any atom is 0.411 e. The molecule has 1 aliphatic heterocycles. The van der Waals surface area contributed by atoms with Gasteiger partial charge in [0.25, 0.3) is 0 Å². The molecule has 1 heterocycles. The third kappa shape index (κ3) is 3.59. The number of ether oxygens (including phenoxy) is 1. The van der Waals surface area contributed by atoms with E-state index in [0.717, 1.165) is 0 Å². The minimum Gasteiger partial charge on any atom is -0.444 e. The monoisotopic (exact) mass is 244 g/mol. The minimum absolute atomic E-state index is 0.132. The molecule has 0 aromatic heterocycles. The van der Waals surface area contributed by atoms with Crippen LogP contribution in [0.3, 0.4) is 0 Å². The van der Waals surface area contributed by atoms with Gasteiger partial charge in [-0.15, -0.1) is 0 Å². The van der Waals surface area contributed by atoms with Crippen molar-refractivity contribution in [3.8, 4) is 0 Å². The molecule has 1 rings (SSSR count). The number of amides is 2. The number of likely N-dealkylation sites (tertiary alicyclic amines) is 1. The Hall–Kier alpha value is -1.30. The average Bonchev–Trinajstić information content (AvgIpc) is 2.56. The number of likely N-dealkylation sites (N-methyl/N-ethyl adjacent to an activating group) is 1. The summed E-state index contributed by atoms with van der Waals surface area (Å²) in [7, 11) is 1.50. The zero-order chi connectivity index (χ0) is 13.2. The predicted molar refractivity (Wildman–Crippen MR) is 61.4 cm³/mol. The number of carbonyl (C=O) groups excluding carboxylic acids is 2. The van der Waals surface area contributed by atoms with E-state index in [9.17, 15) is 14.7 Å². The first kappa shape index (κ1) is 13.8. The van der Waals surface area contributed by atoms with Gasteiger partial charge < -0.3 is 15.2 Å². The van der Waals surface area contributed by atoms with Crippen LogP contribution in [0.25, 0.3) is 0 Å². The van der Waals surface area contributed by atoms with Crippen LogP contribution in [0.5, 0.6) is 0 Å². The number of rotatable bonds is 1. The molecule has 2 atom stereocenters. The maximum atomic E-state index is 11.8. The Balaban J connectivity index is 2.73. The molecular weight excluding hydrogens is 224 g/mol. The van der Waals surface area contributed by atoms with Gasteiger partial charge in [0.15, 0.2) is 0 Å². The van der Waals surface area contributed by atoms with Gasteiger partial charge >= 0.3 is 6.09 Å². The molecule has 0 aromatic rings. The number of nitrogens with zero attached hydrogens (tertiary/aromatic N) is 1. The van der Waals surface area contributed by atoms with Crippen LogP contribution < -0.4 is 5.32 Å². The first-order chi connectivity index (χ1) is 7.74. The highest BCUT2D eigenvalue weighted by atomic mass is 16.6. The molecule has 98 valence electrons. The molecule has 0 aromatic carbocycles. The first-order valence-electron chi connectivity index (χ1n) is 5.64. The van der Waals surface area contributed by atoms with Crippen molar-refractivity contribution in [1.82, 2.24) is 10.2 Å². The summed E-state index contributed by atoms with van der Waals surface area (Å²) >= 11 is 0. The van der Waals surface area contributed by atoms with Crippen LogP contribution in [0.2, 0.25) is 0 Å². The molecule has 2 amide bonds. The Morgan fingerprint density at radius 2 is 2.00 bits per heavy atom. The summed E-state index contributed by atoms with van der Waals surface area (Å²) in [4.78, 5) is 24.7. The summed E-state index contributed by atoms with van der Waals surface area (Å²) in [6.07, 6.45) is -0.994. The van der Waals surface area contributed by atoms with Gasteiger partial charge in [0.2, 0.25) is 5.91 Å². The minimum atomic E-state index is -0.676. The molecule has 6 nitrogen and oxygen atoms in total. The molecule has 6 heteroatoms. The summed E-state index contributed by atoms with van der Waals surface area (Å²) in [5.41, 5.74) is -0.613. The Bertz CT molecular complexity index is 311. The van der Waals surface area contributed by atoms with E-state index in [1.807, 2.05) is 0 Å². The third-order valence-electron chi connectivity index (χ3n) is 2.46. The molecule has 0 radical (unpaired) electrons. The first-order valence-corrected chi connectivity index (χ1v) is 5.64. The second-order valence-electron chi connectivity index (χ2n) is 5.15. The smallest absolute Gasteiger partial charge is 0.411 e. The third-order valence-corrected chi connectivity index (χ3v) is 2.46. The van der Waals surface area contributed by atoms with Gasteiger partial charge in [0.05, 0.1) is 12.6 Å². The van der Waals surface area contributed by atoms with Crippen molar-refractivity contribution < 1.29 is 19.4 Å². The van der Waals surface area contributed by atoms with Gasteiger partial charge in [-0.1, -0.05) is 0 Å². The lowest BCUT2D eigenvalue weighted by Gasteiger charge is -2.27. The number of aliphatic hydroxyl groups is 1. The molecule has 0 spiro atoms. The summed E-state index contributed by atoms with van der Waals surface area (Å²) in [5, 5.41) is 12.0. The summed E-state index contributed by atoms with van der Waals surface area (Å²) < 4.78 is 5.19. The van der Waals surface area contributed by atoms with Crippen LogP contribution in [0, 0.1) is 0 Å². The molecule has 2 unspecified atom stereocenters. The maximum absolute atomic E-state index is 11.8. The second-order valence-corrected chi connectivity index (χ2v) is 5.15. The topological polar surface area (TPSA) is 78.9 Å². The van der Waals surface area contributed by atoms with Crippen LogP contribution in [-0.2, 0) is 9.53 Å². The molecule has 17 heavy (non-hydrogen) atoms. The summed E-state index contributed by atoms with van der Waals surface area (Å²) in [6, 6.07) is -0.648. The molecular formula is C11H20N2O4. The van der Waals surface area contributed by atoms with Crippen LogP contribution in [0.1, 0.15) is 27.2 Å². The molecule has 0 aliphatic carbocycles. The van der Waals surface area contributed by atoms with Gasteiger partial charge in [-0.2, -0.15) is 0 Å². The number of nitrogens with one attached hydrogen (secondary N) is 1. The van der Waals surface area contributed by atoms with Gasteiger partial charge in [-0.05, 0) is 20.8 Å². The van der Waals surface area contributed by atoms with Gasteiger partial charge in [-0.3, -0.25) is 9.69 Å². The number of aliphatic hydroxyl groups excluding tert-OH is 1. The lowest BCUT2D eigenvalue weighted by molar-refractivity contribution is -0.125. The number of hydrogen-bond donors (Lipinski definition) is 2. The highest BCUT2D eigenvalue weighted by Gasteiger charge is 2.40. The van der Waals surface area contributed by atoms with E-state index in [4.69, 9.17) is 4.74 Å². The van der Waals surface area contributed by atoms with E-state index < -0.39 is 23.8 Å². The van der Waals surface area contributed by atoms with Crippen LogP contribution in [-0.4, -0.2) is 53.3 Å². The second kappa shape index (κ2) is 4.91. The zero-order valence-electron chi connectivity index (χ0n) is 10.7. The highest BCUT2D eigenvalue weighted by molar-refractivity contribution is 5.86.